The van der Waals surface area contributed by atoms with Crippen LogP contribution in [0.3, 0.4) is 0 Å². The van der Waals surface area contributed by atoms with Crippen LogP contribution in [0.1, 0.15) is 16.0 Å². The molecule has 0 aliphatic carbocycles. The van der Waals surface area contributed by atoms with E-state index in [0.29, 0.717) is 5.13 Å². The van der Waals surface area contributed by atoms with Crippen molar-refractivity contribution in [2.24, 2.45) is 0 Å². The minimum atomic E-state index is -3.55. The summed E-state index contributed by atoms with van der Waals surface area (Å²) in [5.74, 6) is 0. The second kappa shape index (κ2) is 4.59. The van der Waals surface area contributed by atoms with E-state index < -0.39 is 10.0 Å². The van der Waals surface area contributed by atoms with Crippen molar-refractivity contribution in [3.05, 3.63) is 40.4 Å². The maximum Gasteiger partial charge on any atom is 0.263 e. The fourth-order valence-electron chi connectivity index (χ4n) is 2.01. The zero-order chi connectivity index (χ0) is 13.5. The molecule has 0 bridgehead atoms. The predicted octanol–water partition coefficient (Wildman–Crippen LogP) is 1.86. The van der Waals surface area contributed by atoms with Crippen LogP contribution in [0.15, 0.2) is 29.3 Å². The Bertz CT molecular complexity index is 722. The van der Waals surface area contributed by atoms with E-state index in [1.54, 1.807) is 18.3 Å². The highest BCUT2D eigenvalue weighted by Gasteiger charge is 2.19. The zero-order valence-electron chi connectivity index (χ0n) is 10.3. The third kappa shape index (κ3) is 2.49. The van der Waals surface area contributed by atoms with Gasteiger partial charge in [0.15, 0.2) is 5.13 Å². The molecule has 0 saturated carbocycles. The molecule has 0 unspecified atom stereocenters. The lowest BCUT2D eigenvalue weighted by molar-refractivity contribution is 0.601. The van der Waals surface area contributed by atoms with E-state index in [1.165, 1.54) is 11.3 Å². The summed E-state index contributed by atoms with van der Waals surface area (Å²) in [6.45, 7) is 3.40. The van der Waals surface area contributed by atoms with Crippen LogP contribution in [0.2, 0.25) is 0 Å². The normalized spacial score (nSPS) is 14.4. The molecule has 0 saturated heterocycles. The van der Waals surface area contributed by atoms with Crippen LogP contribution in [-0.2, 0) is 23.1 Å². The lowest BCUT2D eigenvalue weighted by atomic mass is 10.1. The highest BCUT2D eigenvalue weighted by Crippen LogP contribution is 2.24. The molecule has 0 fully saturated rings. The summed E-state index contributed by atoms with van der Waals surface area (Å²) in [5, 5.41) is 3.59. The first-order valence-electron chi connectivity index (χ1n) is 5.82. The summed E-state index contributed by atoms with van der Waals surface area (Å²) >= 11 is 1.32. The quantitative estimate of drug-likeness (QED) is 0.906. The van der Waals surface area contributed by atoms with E-state index in [1.807, 2.05) is 13.0 Å². The average Bonchev–Trinajstić information content (AvgIpc) is 2.96. The SMILES string of the molecule is Cc1cnc(NS(=O)(=O)c2ccc3c(c2)CNC3)s1. The minimum absolute atomic E-state index is 0.280. The third-order valence-electron chi connectivity index (χ3n) is 2.96. The Morgan fingerprint density at radius 3 is 2.84 bits per heavy atom. The van der Waals surface area contributed by atoms with Crippen LogP contribution in [0.5, 0.6) is 0 Å². The monoisotopic (exact) mass is 295 g/mol. The lowest BCUT2D eigenvalue weighted by Crippen LogP contribution is -2.13. The van der Waals surface area contributed by atoms with E-state index in [-0.39, 0.29) is 4.90 Å². The Kier molecular flexibility index (Phi) is 3.04. The van der Waals surface area contributed by atoms with Crippen molar-refractivity contribution < 1.29 is 8.42 Å². The van der Waals surface area contributed by atoms with Crippen LogP contribution in [0.4, 0.5) is 5.13 Å². The maximum absolute atomic E-state index is 12.2. The zero-order valence-corrected chi connectivity index (χ0v) is 11.9. The Hall–Kier alpha value is -1.44. The Labute approximate surface area is 115 Å². The first-order valence-corrected chi connectivity index (χ1v) is 8.12. The molecule has 2 aromatic rings. The van der Waals surface area contributed by atoms with Crippen LogP contribution in [0, 0.1) is 6.92 Å². The predicted molar refractivity (Wildman–Crippen MR) is 74.6 cm³/mol. The lowest BCUT2D eigenvalue weighted by Gasteiger charge is -2.06. The fourth-order valence-corrected chi connectivity index (χ4v) is 3.97. The second-order valence-corrected chi connectivity index (χ2v) is 7.33. The minimum Gasteiger partial charge on any atom is -0.309 e. The van der Waals surface area contributed by atoms with Crippen LogP contribution in [0.25, 0.3) is 0 Å². The number of nitrogens with one attached hydrogen (secondary N) is 2. The van der Waals surface area contributed by atoms with Crippen molar-refractivity contribution >= 4 is 26.5 Å². The average molecular weight is 295 g/mol. The van der Waals surface area contributed by atoms with Crippen molar-refractivity contribution in [2.45, 2.75) is 24.9 Å². The Morgan fingerprint density at radius 1 is 1.32 bits per heavy atom. The number of rotatable bonds is 3. The number of anilines is 1. The van der Waals surface area contributed by atoms with Gasteiger partial charge < -0.3 is 5.32 Å². The molecular weight excluding hydrogens is 282 g/mol. The fraction of sp³-hybridized carbons (Fsp3) is 0.250. The molecule has 2 N–H and O–H groups in total. The summed E-state index contributed by atoms with van der Waals surface area (Å²) in [7, 11) is -3.55. The molecule has 1 aromatic carbocycles. The van der Waals surface area contributed by atoms with Gasteiger partial charge in [0.05, 0.1) is 4.90 Å². The number of thiazole rings is 1. The van der Waals surface area contributed by atoms with Gasteiger partial charge >= 0.3 is 0 Å². The van der Waals surface area contributed by atoms with Crippen molar-refractivity contribution in [3.8, 4) is 0 Å². The van der Waals surface area contributed by atoms with Crippen molar-refractivity contribution in [3.63, 3.8) is 0 Å². The molecule has 0 atom stereocenters. The van der Waals surface area contributed by atoms with Crippen molar-refractivity contribution in [1.29, 1.82) is 0 Å². The van der Waals surface area contributed by atoms with Gasteiger partial charge in [0.1, 0.15) is 0 Å². The number of nitrogens with zero attached hydrogens (tertiary/aromatic N) is 1. The Morgan fingerprint density at radius 2 is 2.11 bits per heavy atom. The second-order valence-electron chi connectivity index (χ2n) is 4.42. The standard InChI is InChI=1S/C12H13N3O2S2/c1-8-5-14-12(18-8)15-19(16,17)11-3-2-9-6-13-7-10(9)4-11/h2-5,13H,6-7H2,1H3,(H,14,15). The third-order valence-corrected chi connectivity index (χ3v) is 5.26. The molecule has 2 heterocycles. The number of benzene rings is 1. The molecular formula is C12H13N3O2S2. The topological polar surface area (TPSA) is 71.1 Å². The Balaban J connectivity index is 1.92. The van der Waals surface area contributed by atoms with Gasteiger partial charge in [0.25, 0.3) is 10.0 Å². The van der Waals surface area contributed by atoms with Gasteiger partial charge in [-0.3, -0.25) is 4.72 Å². The van der Waals surface area contributed by atoms with Crippen LogP contribution < -0.4 is 10.0 Å². The number of sulfonamides is 1. The number of hydrogen-bond donors (Lipinski definition) is 2. The van der Waals surface area contributed by atoms with Crippen molar-refractivity contribution in [1.82, 2.24) is 10.3 Å². The number of aryl methyl sites for hydroxylation is 1. The van der Waals surface area contributed by atoms with E-state index in [0.717, 1.165) is 29.1 Å². The summed E-state index contributed by atoms with van der Waals surface area (Å²) in [5.41, 5.74) is 2.20. The molecule has 100 valence electrons. The summed E-state index contributed by atoms with van der Waals surface area (Å²) in [6, 6.07) is 5.21. The summed E-state index contributed by atoms with van der Waals surface area (Å²) in [6.07, 6.45) is 1.65. The number of fused-ring (bicyclic) bond motifs is 1. The molecule has 0 amide bonds. The molecule has 19 heavy (non-hydrogen) atoms. The molecule has 1 aliphatic rings. The van der Waals surface area contributed by atoms with Gasteiger partial charge in [0.2, 0.25) is 0 Å². The maximum atomic E-state index is 12.2. The van der Waals surface area contributed by atoms with Crippen LogP contribution >= 0.6 is 11.3 Å². The first-order chi connectivity index (χ1) is 9.04. The first kappa shape index (κ1) is 12.6. The van der Waals surface area contributed by atoms with Crippen molar-refractivity contribution in [2.75, 3.05) is 4.72 Å². The molecule has 3 rings (SSSR count). The van der Waals surface area contributed by atoms with Gasteiger partial charge in [-0.2, -0.15) is 0 Å². The molecule has 5 nitrogen and oxygen atoms in total. The van der Waals surface area contributed by atoms with Gasteiger partial charge in [-0.1, -0.05) is 6.07 Å². The molecule has 1 aliphatic heterocycles. The van der Waals surface area contributed by atoms with Gasteiger partial charge in [-0.15, -0.1) is 11.3 Å². The summed E-state index contributed by atoms with van der Waals surface area (Å²) in [4.78, 5) is 5.26. The highest BCUT2D eigenvalue weighted by atomic mass is 32.2. The van der Waals surface area contributed by atoms with Gasteiger partial charge in [-0.05, 0) is 30.2 Å². The van der Waals surface area contributed by atoms with Gasteiger partial charge in [-0.25, -0.2) is 13.4 Å². The summed E-state index contributed by atoms with van der Waals surface area (Å²) < 4.78 is 27.0. The number of aromatic nitrogens is 1. The van der Waals surface area contributed by atoms with E-state index in [9.17, 15) is 8.42 Å². The molecule has 0 radical (unpaired) electrons. The molecule has 1 aromatic heterocycles. The van der Waals surface area contributed by atoms with E-state index in [4.69, 9.17) is 0 Å². The van der Waals surface area contributed by atoms with Crippen LogP contribution in [-0.4, -0.2) is 13.4 Å². The molecule has 0 spiro atoms. The van der Waals surface area contributed by atoms with Gasteiger partial charge in [0, 0.05) is 24.2 Å². The largest absolute Gasteiger partial charge is 0.309 e. The van der Waals surface area contributed by atoms with E-state index in [2.05, 4.69) is 15.0 Å². The smallest absolute Gasteiger partial charge is 0.263 e. The number of hydrogen-bond acceptors (Lipinski definition) is 5. The highest BCUT2D eigenvalue weighted by molar-refractivity contribution is 7.93. The van der Waals surface area contributed by atoms with E-state index >= 15 is 0 Å². The molecule has 7 heteroatoms.